The van der Waals surface area contributed by atoms with Crippen LogP contribution in [0, 0.1) is 0 Å². The number of nitrogens with zero attached hydrogens (tertiary/aromatic N) is 2. The molecule has 3 aliphatic rings. The van der Waals surface area contributed by atoms with Crippen molar-refractivity contribution in [3.8, 4) is 16.9 Å². The fraction of sp³-hybridized carbons (Fsp3) is 0.0833. The second-order valence-electron chi connectivity index (χ2n) is 13.9. The molecule has 1 unspecified atom stereocenters. The van der Waals surface area contributed by atoms with Crippen LogP contribution in [0.3, 0.4) is 0 Å². The normalized spacial score (nSPS) is 16.8. The minimum Gasteiger partial charge on any atom is -0.485 e. The first kappa shape index (κ1) is 28.5. The van der Waals surface area contributed by atoms with Crippen molar-refractivity contribution in [2.75, 3.05) is 0 Å². The summed E-state index contributed by atoms with van der Waals surface area (Å²) in [5, 5.41) is 5.12. The van der Waals surface area contributed by atoms with Crippen molar-refractivity contribution in [2.24, 2.45) is 0 Å². The Kier molecular flexibility index (Phi) is 6.20. The van der Waals surface area contributed by atoms with E-state index in [4.69, 9.17) is 4.74 Å². The van der Waals surface area contributed by atoms with Gasteiger partial charge in [-0.15, -0.1) is 0 Å². The third-order valence-electron chi connectivity index (χ3n) is 11.1. The zero-order valence-corrected chi connectivity index (χ0v) is 28.1. The lowest BCUT2D eigenvalue weighted by Gasteiger charge is -2.21. The third-order valence-corrected chi connectivity index (χ3v) is 11.1. The van der Waals surface area contributed by atoms with Gasteiger partial charge in [-0.3, -0.25) is 0 Å². The first-order valence-electron chi connectivity index (χ1n) is 18.0. The molecule has 0 amide bonds. The summed E-state index contributed by atoms with van der Waals surface area (Å²) in [6.07, 6.45) is 12.3. The molecule has 242 valence electrons. The van der Waals surface area contributed by atoms with Crippen LogP contribution in [0.15, 0.2) is 164 Å². The van der Waals surface area contributed by atoms with Gasteiger partial charge in [0.2, 0.25) is 0 Å². The second kappa shape index (κ2) is 11.1. The Balaban J connectivity index is 1.12. The molecule has 0 bridgehead atoms. The van der Waals surface area contributed by atoms with E-state index in [0.29, 0.717) is 0 Å². The summed E-state index contributed by atoms with van der Waals surface area (Å²) in [6, 6.07) is 50.7. The van der Waals surface area contributed by atoms with E-state index >= 15 is 0 Å². The molecule has 0 N–H and O–H groups in total. The summed E-state index contributed by atoms with van der Waals surface area (Å²) in [5.74, 6) is 0.983. The van der Waals surface area contributed by atoms with Crippen molar-refractivity contribution in [3.63, 3.8) is 0 Å². The molecule has 2 aliphatic carbocycles. The predicted molar refractivity (Wildman–Crippen MR) is 214 cm³/mol. The van der Waals surface area contributed by atoms with Crippen molar-refractivity contribution < 1.29 is 4.74 Å². The molecule has 1 aliphatic heterocycles. The molecule has 3 heterocycles. The minimum absolute atomic E-state index is 0.0186. The van der Waals surface area contributed by atoms with Gasteiger partial charge in [-0.2, -0.15) is 0 Å². The van der Waals surface area contributed by atoms with Crippen LogP contribution in [0.5, 0.6) is 5.75 Å². The van der Waals surface area contributed by atoms with Crippen molar-refractivity contribution in [1.82, 2.24) is 9.13 Å². The van der Waals surface area contributed by atoms with Gasteiger partial charge in [0.25, 0.3) is 0 Å². The zero-order chi connectivity index (χ0) is 33.5. The van der Waals surface area contributed by atoms with Crippen LogP contribution in [0.4, 0.5) is 0 Å². The molecule has 3 nitrogen and oxygen atoms in total. The molecule has 0 saturated carbocycles. The van der Waals surface area contributed by atoms with Crippen molar-refractivity contribution in [3.05, 3.63) is 175 Å². The molecule has 0 radical (unpaired) electrons. The largest absolute Gasteiger partial charge is 0.485 e. The van der Waals surface area contributed by atoms with E-state index in [1.807, 2.05) is 0 Å². The monoisotopic (exact) mass is 654 g/mol. The van der Waals surface area contributed by atoms with Gasteiger partial charge >= 0.3 is 0 Å². The fourth-order valence-electron chi connectivity index (χ4n) is 8.84. The average Bonchev–Trinajstić information content (AvgIpc) is 3.85. The van der Waals surface area contributed by atoms with Crippen LogP contribution in [0.25, 0.3) is 77.3 Å². The van der Waals surface area contributed by atoms with Crippen LogP contribution in [0.2, 0.25) is 0 Å². The van der Waals surface area contributed by atoms with Gasteiger partial charge in [-0.25, -0.2) is 0 Å². The highest BCUT2D eigenvalue weighted by molar-refractivity contribution is 6.27. The highest BCUT2D eigenvalue weighted by Gasteiger charge is 2.32. The van der Waals surface area contributed by atoms with Crippen LogP contribution < -0.4 is 4.74 Å². The van der Waals surface area contributed by atoms with Crippen molar-refractivity contribution in [2.45, 2.75) is 25.4 Å². The molecule has 8 aromatic rings. The van der Waals surface area contributed by atoms with E-state index in [2.05, 4.69) is 173 Å². The van der Waals surface area contributed by atoms with Gasteiger partial charge in [-0.1, -0.05) is 121 Å². The molecule has 0 spiro atoms. The highest BCUT2D eigenvalue weighted by atomic mass is 16.5. The van der Waals surface area contributed by atoms with Gasteiger partial charge in [0.05, 0.1) is 22.1 Å². The topological polar surface area (TPSA) is 19.1 Å². The van der Waals surface area contributed by atoms with E-state index < -0.39 is 0 Å². The Morgan fingerprint density at radius 2 is 1.31 bits per heavy atom. The summed E-state index contributed by atoms with van der Waals surface area (Å²) in [5.41, 5.74) is 15.1. The molecule has 3 heteroatoms. The van der Waals surface area contributed by atoms with Crippen molar-refractivity contribution >= 4 is 66.2 Å². The lowest BCUT2D eigenvalue weighted by atomic mass is 9.93. The number of ether oxygens (including phenoxy) is 1. The Hall–Kier alpha value is -6.32. The van der Waals surface area contributed by atoms with Gasteiger partial charge in [0.15, 0.2) is 0 Å². The van der Waals surface area contributed by atoms with Crippen LogP contribution in [-0.4, -0.2) is 15.2 Å². The molecular weight excluding hydrogens is 621 g/mol. The van der Waals surface area contributed by atoms with E-state index in [9.17, 15) is 0 Å². The number of para-hydroxylation sites is 3. The van der Waals surface area contributed by atoms with Gasteiger partial charge in [-0.05, 0) is 77.6 Å². The predicted octanol–water partition coefficient (Wildman–Crippen LogP) is 12.4. The third kappa shape index (κ3) is 4.31. The number of fused-ring (bicyclic) bond motifs is 10. The molecule has 1 atom stereocenters. The maximum Gasteiger partial charge on any atom is 0.130 e. The lowest BCUT2D eigenvalue weighted by molar-refractivity contribution is 0.280. The average molecular weight is 655 g/mol. The number of hydrogen-bond acceptors (Lipinski definition) is 1. The summed E-state index contributed by atoms with van der Waals surface area (Å²) in [6.45, 7) is 0. The van der Waals surface area contributed by atoms with Crippen LogP contribution in [0.1, 0.15) is 30.4 Å². The van der Waals surface area contributed by atoms with Crippen LogP contribution in [-0.2, 0) is 0 Å². The van der Waals surface area contributed by atoms with E-state index in [1.54, 1.807) is 0 Å². The molecular formula is C48H34N2O. The smallest absolute Gasteiger partial charge is 0.130 e. The molecule has 0 fully saturated rings. The molecule has 11 rings (SSSR count). The number of benzene rings is 6. The Morgan fingerprint density at radius 3 is 2.22 bits per heavy atom. The highest BCUT2D eigenvalue weighted by Crippen LogP contribution is 2.46. The molecule has 0 saturated heterocycles. The number of aromatic nitrogens is 2. The van der Waals surface area contributed by atoms with Crippen molar-refractivity contribution in [1.29, 1.82) is 0 Å². The quantitative estimate of drug-likeness (QED) is 0.185. The van der Waals surface area contributed by atoms with Crippen LogP contribution >= 0.6 is 0 Å². The van der Waals surface area contributed by atoms with E-state index in [-0.39, 0.29) is 6.10 Å². The Labute approximate surface area is 296 Å². The maximum atomic E-state index is 6.51. The molecule has 2 aromatic heterocycles. The van der Waals surface area contributed by atoms with Gasteiger partial charge < -0.3 is 13.9 Å². The summed E-state index contributed by atoms with van der Waals surface area (Å²) >= 11 is 0. The zero-order valence-electron chi connectivity index (χ0n) is 28.1. The van der Waals surface area contributed by atoms with Gasteiger partial charge in [0.1, 0.15) is 11.9 Å². The molecule has 6 aromatic carbocycles. The standard InChI is InChI=1S/C48H34N2O/c1-2-12-31(13-3-1)32-14-10-15-33(28-32)34-16-11-17-35(29-34)50-42-21-7-4-18-37(42)40-26-27-44-47(48(40)50)41-20-5-8-22-43(41)49(44)36-24-25-39-38-19-6-9-23-45(38)51-46(39)30-36/h1-10,12-15,17-29,46H,11,16,30H2. The van der Waals surface area contributed by atoms with E-state index in [0.717, 1.165) is 25.0 Å². The SMILES string of the molecule is C1=C(c2cccc(-c3ccccc3)c2)CCC=C1n1c2ccccc2c2ccc3c(c4ccccc4n3C3=CC=C4c5ccccc5OC4C3)c21. The fourth-order valence-corrected chi connectivity index (χ4v) is 8.84. The van der Waals surface area contributed by atoms with Gasteiger partial charge in [0, 0.05) is 50.5 Å². The summed E-state index contributed by atoms with van der Waals surface area (Å²) in [4.78, 5) is 0. The number of rotatable bonds is 4. The summed E-state index contributed by atoms with van der Waals surface area (Å²) < 4.78 is 11.5. The number of allylic oxidation sites excluding steroid dienone is 6. The Morgan fingerprint density at radius 1 is 0.569 bits per heavy atom. The maximum absolute atomic E-state index is 6.51. The molecule has 51 heavy (non-hydrogen) atoms. The summed E-state index contributed by atoms with van der Waals surface area (Å²) in [7, 11) is 0. The number of hydrogen-bond donors (Lipinski definition) is 0. The second-order valence-corrected chi connectivity index (χ2v) is 13.9. The lowest BCUT2D eigenvalue weighted by Crippen LogP contribution is -2.17. The first-order chi connectivity index (χ1) is 25.3. The minimum atomic E-state index is 0.0186. The first-order valence-corrected chi connectivity index (χ1v) is 18.0. The Bertz CT molecular complexity index is 2860. The van der Waals surface area contributed by atoms with E-state index in [1.165, 1.54) is 88.4 Å².